The van der Waals surface area contributed by atoms with Crippen LogP contribution in [0.5, 0.6) is 0 Å². The van der Waals surface area contributed by atoms with E-state index in [-0.39, 0.29) is 23.8 Å². The fraction of sp³-hybridized carbons (Fsp3) is 0.250. The largest absolute Gasteiger partial charge is 0.378 e. The second kappa shape index (κ2) is 7.97. The van der Waals surface area contributed by atoms with E-state index in [0.29, 0.717) is 5.56 Å². The Kier molecular flexibility index (Phi) is 5.48. The molecule has 2 heterocycles. The lowest BCUT2D eigenvalue weighted by Gasteiger charge is -2.21. The Bertz CT molecular complexity index is 1210. The number of aromatic nitrogens is 2. The maximum atomic E-state index is 14.2. The van der Waals surface area contributed by atoms with E-state index in [1.54, 1.807) is 7.05 Å². The minimum atomic E-state index is -3.96. The Balaban J connectivity index is 1.69. The van der Waals surface area contributed by atoms with E-state index >= 15 is 0 Å². The van der Waals surface area contributed by atoms with E-state index in [1.807, 2.05) is 0 Å². The van der Waals surface area contributed by atoms with Crippen LogP contribution in [0.25, 0.3) is 0 Å². The summed E-state index contributed by atoms with van der Waals surface area (Å²) in [5.74, 6) is -5.32. The van der Waals surface area contributed by atoms with Gasteiger partial charge in [-0.15, -0.1) is 0 Å². The Morgan fingerprint density at radius 3 is 2.35 bits per heavy atom. The summed E-state index contributed by atoms with van der Waals surface area (Å²) in [5.41, 5.74) is 0.314. The molecule has 0 unspecified atom stereocenters. The van der Waals surface area contributed by atoms with Gasteiger partial charge in [-0.1, -0.05) is 12.1 Å². The van der Waals surface area contributed by atoms with Gasteiger partial charge in [0.15, 0.2) is 22.5 Å². The van der Waals surface area contributed by atoms with Crippen molar-refractivity contribution in [3.63, 3.8) is 0 Å². The average Bonchev–Trinajstić information content (AvgIpc) is 3.36. The number of rotatable bonds is 5. The molecule has 0 bridgehead atoms. The van der Waals surface area contributed by atoms with Crippen LogP contribution in [0.2, 0.25) is 0 Å². The molecule has 1 saturated heterocycles. The molecular formula is C20H18F4N4O2S. The molecule has 1 aliphatic rings. The summed E-state index contributed by atoms with van der Waals surface area (Å²) in [6.07, 6.45) is 2.71. The molecule has 0 saturated carbocycles. The normalized spacial score (nSPS) is 19.6. The van der Waals surface area contributed by atoms with Crippen LogP contribution < -0.4 is 5.32 Å². The number of benzene rings is 2. The fourth-order valence-corrected chi connectivity index (χ4v) is 5.11. The van der Waals surface area contributed by atoms with Gasteiger partial charge in [0.1, 0.15) is 5.82 Å². The average molecular weight is 454 g/mol. The predicted octanol–water partition coefficient (Wildman–Crippen LogP) is 3.25. The van der Waals surface area contributed by atoms with Crippen molar-refractivity contribution in [1.29, 1.82) is 0 Å². The summed E-state index contributed by atoms with van der Waals surface area (Å²) in [5, 5.41) is 2.65. The molecule has 1 aliphatic heterocycles. The molecule has 31 heavy (non-hydrogen) atoms. The van der Waals surface area contributed by atoms with Gasteiger partial charge in [0.05, 0.1) is 12.0 Å². The lowest BCUT2D eigenvalue weighted by molar-refractivity contribution is 0.447. The third kappa shape index (κ3) is 4.02. The first kappa shape index (κ1) is 21.3. The van der Waals surface area contributed by atoms with Crippen LogP contribution in [0.15, 0.2) is 53.9 Å². The number of hydrogen-bond donors (Lipinski definition) is 1. The van der Waals surface area contributed by atoms with Gasteiger partial charge in [0.2, 0.25) is 0 Å². The van der Waals surface area contributed by atoms with Crippen molar-refractivity contribution in [3.8, 4) is 0 Å². The summed E-state index contributed by atoms with van der Waals surface area (Å²) >= 11 is 0. The summed E-state index contributed by atoms with van der Waals surface area (Å²) in [4.78, 5) is 3.90. The summed E-state index contributed by atoms with van der Waals surface area (Å²) < 4.78 is 83.3. The summed E-state index contributed by atoms with van der Waals surface area (Å²) in [6, 6.07) is 6.63. The molecule has 0 radical (unpaired) electrons. The lowest BCUT2D eigenvalue weighted by Crippen LogP contribution is -2.32. The number of nitrogens with one attached hydrogen (secondary N) is 1. The molecule has 164 valence electrons. The zero-order valence-electron chi connectivity index (χ0n) is 16.3. The fourth-order valence-electron chi connectivity index (χ4n) is 3.65. The highest BCUT2D eigenvalue weighted by molar-refractivity contribution is 7.89. The van der Waals surface area contributed by atoms with Crippen molar-refractivity contribution in [1.82, 2.24) is 13.9 Å². The van der Waals surface area contributed by atoms with Crippen LogP contribution in [0, 0.1) is 23.3 Å². The van der Waals surface area contributed by atoms with Crippen LogP contribution in [0.1, 0.15) is 11.5 Å². The van der Waals surface area contributed by atoms with Crippen molar-refractivity contribution >= 4 is 15.7 Å². The number of anilines is 1. The maximum absolute atomic E-state index is 14.2. The molecule has 0 aliphatic carbocycles. The minimum absolute atomic E-state index is 0.00744. The highest BCUT2D eigenvalue weighted by Gasteiger charge is 2.41. The Hall–Kier alpha value is -2.92. The number of aryl methyl sites for hydroxylation is 1. The van der Waals surface area contributed by atoms with Crippen molar-refractivity contribution in [2.24, 2.45) is 7.05 Å². The number of sulfonamides is 1. The van der Waals surface area contributed by atoms with Gasteiger partial charge in [0, 0.05) is 38.3 Å². The topological polar surface area (TPSA) is 67.2 Å². The van der Waals surface area contributed by atoms with E-state index < -0.39 is 45.3 Å². The Labute approximate surface area is 176 Å². The highest BCUT2D eigenvalue weighted by Crippen LogP contribution is 2.34. The van der Waals surface area contributed by atoms with Crippen molar-refractivity contribution in [2.45, 2.75) is 17.0 Å². The zero-order chi connectivity index (χ0) is 22.3. The smallest absolute Gasteiger partial charge is 0.262 e. The molecule has 6 nitrogen and oxygen atoms in total. The molecule has 3 aromatic rings. The number of halogens is 4. The third-order valence-corrected chi connectivity index (χ3v) is 6.96. The molecule has 0 spiro atoms. The molecule has 1 N–H and O–H groups in total. The molecule has 11 heteroatoms. The van der Waals surface area contributed by atoms with Crippen molar-refractivity contribution in [2.75, 3.05) is 18.4 Å². The van der Waals surface area contributed by atoms with E-state index in [2.05, 4.69) is 10.3 Å². The minimum Gasteiger partial charge on any atom is -0.378 e. The van der Waals surface area contributed by atoms with E-state index in [9.17, 15) is 26.0 Å². The van der Waals surface area contributed by atoms with Crippen molar-refractivity contribution < 1.29 is 26.0 Å². The summed E-state index contributed by atoms with van der Waals surface area (Å²) in [6.45, 7) is -0.0765. The molecule has 4 rings (SSSR count). The standard InChI is InChI=1S/C20H18F4N4O2S/c1-27-10-18(25-11-27)31(29,30)28-8-14(12-2-4-13(21)5-3-12)17(9-28)26-16-7-6-15(22)19(23)20(16)24/h2-7,10-11,14,17,26H,8-9H2,1H3/t14-,17+/m0/s1. The number of nitrogens with zero attached hydrogens (tertiary/aromatic N) is 3. The third-order valence-electron chi connectivity index (χ3n) is 5.25. The maximum Gasteiger partial charge on any atom is 0.262 e. The van der Waals surface area contributed by atoms with Crippen LogP contribution in [-0.4, -0.2) is 41.4 Å². The second-order valence-electron chi connectivity index (χ2n) is 7.33. The first-order chi connectivity index (χ1) is 14.7. The molecular weight excluding hydrogens is 436 g/mol. The summed E-state index contributed by atoms with van der Waals surface area (Å²) in [7, 11) is -2.33. The van der Waals surface area contributed by atoms with Crippen LogP contribution >= 0.6 is 0 Å². The van der Waals surface area contributed by atoms with Gasteiger partial charge in [-0.05, 0) is 29.8 Å². The molecule has 2 atom stereocenters. The van der Waals surface area contributed by atoms with E-state index in [0.717, 1.165) is 12.1 Å². The van der Waals surface area contributed by atoms with Gasteiger partial charge in [0.25, 0.3) is 10.0 Å². The van der Waals surface area contributed by atoms with Gasteiger partial charge < -0.3 is 9.88 Å². The van der Waals surface area contributed by atoms with Crippen LogP contribution in [0.4, 0.5) is 23.2 Å². The second-order valence-corrected chi connectivity index (χ2v) is 9.22. The number of imidazole rings is 1. The first-order valence-electron chi connectivity index (χ1n) is 9.30. The van der Waals surface area contributed by atoms with Gasteiger partial charge in [-0.25, -0.2) is 31.0 Å². The molecule has 2 aromatic carbocycles. The predicted molar refractivity (Wildman–Crippen MR) is 105 cm³/mol. The van der Waals surface area contributed by atoms with E-state index in [1.165, 1.54) is 45.7 Å². The van der Waals surface area contributed by atoms with Gasteiger partial charge in [-0.3, -0.25) is 0 Å². The molecule has 1 aromatic heterocycles. The SMILES string of the molecule is Cn1cnc(S(=O)(=O)N2C[C@@H](Nc3ccc(F)c(F)c3F)[C@H](c3ccc(F)cc3)C2)c1. The monoisotopic (exact) mass is 454 g/mol. The molecule has 1 fully saturated rings. The molecule has 0 amide bonds. The zero-order valence-corrected chi connectivity index (χ0v) is 17.1. The highest BCUT2D eigenvalue weighted by atomic mass is 32.2. The van der Waals surface area contributed by atoms with Gasteiger partial charge >= 0.3 is 0 Å². The van der Waals surface area contributed by atoms with E-state index in [4.69, 9.17) is 0 Å². The van der Waals surface area contributed by atoms with Crippen molar-refractivity contribution in [3.05, 3.63) is 77.8 Å². The quantitative estimate of drug-likeness (QED) is 0.475. The van der Waals surface area contributed by atoms with Crippen LogP contribution in [0.3, 0.4) is 0 Å². The van der Waals surface area contributed by atoms with Gasteiger partial charge in [-0.2, -0.15) is 4.31 Å². The number of hydrogen-bond acceptors (Lipinski definition) is 4. The first-order valence-corrected chi connectivity index (χ1v) is 10.7. The Morgan fingerprint density at radius 1 is 1.00 bits per heavy atom. The Morgan fingerprint density at radius 2 is 1.71 bits per heavy atom. The van der Waals surface area contributed by atoms with Crippen LogP contribution in [-0.2, 0) is 17.1 Å². The lowest BCUT2D eigenvalue weighted by atomic mass is 9.94.